The zero-order valence-corrected chi connectivity index (χ0v) is 18.6. The number of hydrogen-bond acceptors (Lipinski definition) is 4. The van der Waals surface area contributed by atoms with E-state index < -0.39 is 6.43 Å². The number of halogens is 3. The summed E-state index contributed by atoms with van der Waals surface area (Å²) in [4.78, 5) is 13.0. The summed E-state index contributed by atoms with van der Waals surface area (Å²) in [6, 6.07) is 6.15. The summed E-state index contributed by atoms with van der Waals surface area (Å²) < 4.78 is 24.9. The van der Waals surface area contributed by atoms with Crippen molar-refractivity contribution in [3.63, 3.8) is 0 Å². The summed E-state index contributed by atoms with van der Waals surface area (Å²) in [6.07, 6.45) is -0.583. The van der Waals surface area contributed by atoms with Crippen LogP contribution in [0.25, 0.3) is 0 Å². The van der Waals surface area contributed by atoms with Crippen LogP contribution in [-0.2, 0) is 6.54 Å². The third-order valence-electron chi connectivity index (χ3n) is 4.32. The maximum absolute atomic E-state index is 12.5. The molecule has 1 aromatic heterocycles. The molecule has 6 nitrogen and oxygen atoms in total. The van der Waals surface area contributed by atoms with Gasteiger partial charge in [-0.25, -0.2) is 18.8 Å². The van der Waals surface area contributed by atoms with Gasteiger partial charge in [0, 0.05) is 39.8 Å². The third-order valence-corrected chi connectivity index (χ3v) is 4.32. The van der Waals surface area contributed by atoms with Gasteiger partial charge < -0.3 is 15.5 Å². The summed E-state index contributed by atoms with van der Waals surface area (Å²) >= 11 is 0. The molecule has 1 aliphatic heterocycles. The normalized spacial score (nSPS) is 16.1. The number of aliphatic imine (C=N–C) groups is 1. The number of likely N-dealkylation sites (tertiary alicyclic amines) is 1. The van der Waals surface area contributed by atoms with E-state index in [1.54, 1.807) is 0 Å². The van der Waals surface area contributed by atoms with Crippen LogP contribution in [0.2, 0.25) is 0 Å². The van der Waals surface area contributed by atoms with E-state index in [1.165, 1.54) is 0 Å². The minimum absolute atomic E-state index is 0. The second kappa shape index (κ2) is 12.3. The summed E-state index contributed by atoms with van der Waals surface area (Å²) in [5, 5.41) is 6.67. The molecule has 0 amide bonds. The van der Waals surface area contributed by atoms with Crippen LogP contribution < -0.4 is 15.5 Å². The number of pyridine rings is 1. The summed E-state index contributed by atoms with van der Waals surface area (Å²) in [5.74, 6) is 1.65. The maximum atomic E-state index is 12.5. The quantitative estimate of drug-likeness (QED) is 0.346. The minimum Gasteiger partial charge on any atom is -0.363 e. The Bertz CT molecular complexity index is 577. The molecule has 154 valence electrons. The molecular formula is C18H31F2IN6. The van der Waals surface area contributed by atoms with E-state index in [0.717, 1.165) is 36.9 Å². The second-order valence-electron chi connectivity index (χ2n) is 6.69. The topological polar surface area (TPSA) is 55.8 Å². The molecule has 0 aliphatic carbocycles. The van der Waals surface area contributed by atoms with Crippen molar-refractivity contribution in [2.45, 2.75) is 38.8 Å². The first kappa shape index (κ1) is 23.8. The van der Waals surface area contributed by atoms with E-state index in [4.69, 9.17) is 0 Å². The van der Waals surface area contributed by atoms with E-state index in [2.05, 4.69) is 20.6 Å². The number of hydrogen-bond donors (Lipinski definition) is 2. The molecule has 0 unspecified atom stereocenters. The zero-order valence-electron chi connectivity index (χ0n) is 16.3. The van der Waals surface area contributed by atoms with Crippen molar-refractivity contribution in [3.05, 3.63) is 23.9 Å². The Kier molecular flexibility index (Phi) is 10.8. The van der Waals surface area contributed by atoms with Crippen LogP contribution in [0, 0.1) is 0 Å². The number of piperidine rings is 1. The SMILES string of the molecule is CCNC(=NCc1cccc(N(C)C)n1)NC1CCN(CC(F)F)CC1.I. The lowest BCUT2D eigenvalue weighted by Crippen LogP contribution is -2.49. The predicted molar refractivity (Wildman–Crippen MR) is 117 cm³/mol. The lowest BCUT2D eigenvalue weighted by molar-refractivity contribution is 0.0744. The lowest BCUT2D eigenvalue weighted by atomic mass is 10.1. The van der Waals surface area contributed by atoms with Gasteiger partial charge in [0.1, 0.15) is 5.82 Å². The molecule has 9 heteroatoms. The highest BCUT2D eigenvalue weighted by atomic mass is 127. The minimum atomic E-state index is -2.26. The van der Waals surface area contributed by atoms with Crippen LogP contribution in [0.4, 0.5) is 14.6 Å². The Morgan fingerprint density at radius 3 is 2.63 bits per heavy atom. The summed E-state index contributed by atoms with van der Waals surface area (Å²) in [6.45, 7) is 4.52. The highest BCUT2D eigenvalue weighted by Gasteiger charge is 2.21. The van der Waals surface area contributed by atoms with Crippen LogP contribution in [0.5, 0.6) is 0 Å². The Morgan fingerprint density at radius 2 is 2.04 bits per heavy atom. The second-order valence-corrected chi connectivity index (χ2v) is 6.69. The molecule has 1 aliphatic rings. The Labute approximate surface area is 177 Å². The fourth-order valence-corrected chi connectivity index (χ4v) is 2.93. The van der Waals surface area contributed by atoms with Crippen molar-refractivity contribution in [3.8, 4) is 0 Å². The molecule has 1 fully saturated rings. The number of aromatic nitrogens is 1. The fraction of sp³-hybridized carbons (Fsp3) is 0.667. The molecule has 2 heterocycles. The molecule has 0 spiro atoms. The van der Waals surface area contributed by atoms with Crippen molar-refractivity contribution >= 4 is 35.8 Å². The third kappa shape index (κ3) is 8.54. The largest absolute Gasteiger partial charge is 0.363 e. The van der Waals surface area contributed by atoms with Crippen LogP contribution in [0.3, 0.4) is 0 Å². The van der Waals surface area contributed by atoms with Gasteiger partial charge in [-0.3, -0.25) is 4.90 Å². The van der Waals surface area contributed by atoms with Gasteiger partial charge in [-0.1, -0.05) is 6.07 Å². The molecule has 27 heavy (non-hydrogen) atoms. The molecule has 1 saturated heterocycles. The van der Waals surface area contributed by atoms with Crippen molar-refractivity contribution in [2.75, 3.05) is 45.2 Å². The molecule has 0 atom stereocenters. The van der Waals surface area contributed by atoms with E-state index in [9.17, 15) is 8.78 Å². The average molecular weight is 496 g/mol. The highest BCUT2D eigenvalue weighted by molar-refractivity contribution is 14.0. The first-order chi connectivity index (χ1) is 12.5. The molecule has 0 radical (unpaired) electrons. The van der Waals surface area contributed by atoms with Gasteiger partial charge in [0.25, 0.3) is 6.43 Å². The van der Waals surface area contributed by atoms with Crippen LogP contribution in [0.1, 0.15) is 25.5 Å². The van der Waals surface area contributed by atoms with E-state index in [-0.39, 0.29) is 36.6 Å². The number of alkyl halides is 2. The van der Waals surface area contributed by atoms with E-state index >= 15 is 0 Å². The first-order valence-corrected chi connectivity index (χ1v) is 9.16. The number of guanidine groups is 1. The molecule has 2 N–H and O–H groups in total. The van der Waals surface area contributed by atoms with Gasteiger partial charge in [0.2, 0.25) is 0 Å². The van der Waals surface area contributed by atoms with Crippen LogP contribution >= 0.6 is 24.0 Å². The molecule has 1 aromatic rings. The van der Waals surface area contributed by atoms with Crippen LogP contribution in [-0.4, -0.2) is 68.6 Å². The van der Waals surface area contributed by atoms with Crippen LogP contribution in [0.15, 0.2) is 23.2 Å². The smallest absolute Gasteiger partial charge is 0.251 e. The lowest BCUT2D eigenvalue weighted by Gasteiger charge is -2.32. The molecule has 0 bridgehead atoms. The van der Waals surface area contributed by atoms with Gasteiger partial charge in [-0.2, -0.15) is 0 Å². The van der Waals surface area contributed by atoms with Crippen molar-refractivity contribution in [1.29, 1.82) is 0 Å². The maximum Gasteiger partial charge on any atom is 0.251 e. The van der Waals surface area contributed by atoms with Crippen molar-refractivity contribution in [2.24, 2.45) is 4.99 Å². The monoisotopic (exact) mass is 496 g/mol. The average Bonchev–Trinajstić information content (AvgIpc) is 2.61. The number of nitrogens with one attached hydrogen (secondary N) is 2. The fourth-order valence-electron chi connectivity index (χ4n) is 2.93. The summed E-state index contributed by atoms with van der Waals surface area (Å²) in [5.41, 5.74) is 0.903. The van der Waals surface area contributed by atoms with Gasteiger partial charge in [-0.15, -0.1) is 24.0 Å². The van der Waals surface area contributed by atoms with E-state index in [0.29, 0.717) is 19.6 Å². The number of rotatable bonds is 7. The van der Waals surface area contributed by atoms with Gasteiger partial charge in [-0.05, 0) is 31.9 Å². The van der Waals surface area contributed by atoms with Gasteiger partial charge >= 0.3 is 0 Å². The van der Waals surface area contributed by atoms with Crippen molar-refractivity contribution in [1.82, 2.24) is 20.5 Å². The molecule has 0 saturated carbocycles. The molecule has 2 rings (SSSR count). The molecular weight excluding hydrogens is 465 g/mol. The van der Waals surface area contributed by atoms with Gasteiger partial charge in [0.05, 0.1) is 18.8 Å². The van der Waals surface area contributed by atoms with Crippen molar-refractivity contribution < 1.29 is 8.78 Å². The summed E-state index contributed by atoms with van der Waals surface area (Å²) in [7, 11) is 3.92. The van der Waals surface area contributed by atoms with E-state index in [1.807, 2.05) is 49.0 Å². The Morgan fingerprint density at radius 1 is 1.33 bits per heavy atom. The highest BCUT2D eigenvalue weighted by Crippen LogP contribution is 2.12. The Balaban J connectivity index is 0.00000364. The van der Waals surface area contributed by atoms with Gasteiger partial charge in [0.15, 0.2) is 5.96 Å². The number of nitrogens with zero attached hydrogens (tertiary/aromatic N) is 4. The molecule has 0 aromatic carbocycles. The standard InChI is InChI=1S/C18H30F2N6.HI/c1-4-21-18(22-12-15-6-5-7-17(23-15)25(2)3)24-14-8-10-26(11-9-14)13-16(19)20;/h5-7,14,16H,4,8-13H2,1-3H3,(H2,21,22,24);1H. The number of anilines is 1. The Hall–Kier alpha value is -1.23. The predicted octanol–water partition coefficient (Wildman–Crippen LogP) is 2.55. The first-order valence-electron chi connectivity index (χ1n) is 9.16. The zero-order chi connectivity index (χ0) is 18.9.